The Kier molecular flexibility index (Phi) is 6.14. The molecule has 0 heterocycles. The third-order valence-corrected chi connectivity index (χ3v) is 5.26. The zero-order valence-corrected chi connectivity index (χ0v) is 17.9. The van der Waals surface area contributed by atoms with Gasteiger partial charge in [0, 0.05) is 29.7 Å². The van der Waals surface area contributed by atoms with Crippen LogP contribution in [0.4, 0.5) is 0 Å². The van der Waals surface area contributed by atoms with Crippen LogP contribution in [0.3, 0.4) is 0 Å². The number of rotatable bonds is 5. The second-order valence-electron chi connectivity index (χ2n) is 7.00. The third kappa shape index (κ3) is 3.67. The number of nitrogens with one attached hydrogen (secondary N) is 1. The van der Waals surface area contributed by atoms with Crippen molar-refractivity contribution < 1.29 is 38.1 Å². The van der Waals surface area contributed by atoms with Gasteiger partial charge in [0.25, 0.3) is 5.78 Å². The van der Waals surface area contributed by atoms with Crippen molar-refractivity contribution in [1.82, 2.24) is 5.32 Å². The number of Topliss-reactive ketones (excluding diaryl/α,β-unsaturated/α-hetero) is 2. The van der Waals surface area contributed by atoms with Gasteiger partial charge in [-0.15, -0.1) is 0 Å². The summed E-state index contributed by atoms with van der Waals surface area (Å²) in [6.45, 7) is 1.30. The minimum Gasteiger partial charge on any atom is -0.493 e. The average Bonchev–Trinajstić information content (AvgIpc) is 2.96. The number of carbonyl (C=O) groups excluding carboxylic acids is 4. The van der Waals surface area contributed by atoms with Crippen molar-refractivity contribution in [2.75, 3.05) is 28.4 Å². The lowest BCUT2D eigenvalue weighted by atomic mass is 9.89. The molecule has 1 N–H and O–H groups in total. The standard InChI is InChI=1S/C22H23NO8/c1-10(24)23-12-7-6-11-8-15(29-3)21(30-4)22(31-5)16(11)18-13(25)9-14(28-2)19(26)20(27)17(12)18/h8-9,12H,6-7H2,1-5H3,(H,23,24)/t12-/m0/s1. The molecule has 0 aromatic heterocycles. The molecule has 9 nitrogen and oxygen atoms in total. The van der Waals surface area contributed by atoms with Crippen LogP contribution >= 0.6 is 0 Å². The number of benzene rings is 1. The van der Waals surface area contributed by atoms with Crippen LogP contribution in [0.15, 0.2) is 23.5 Å². The Labute approximate surface area is 179 Å². The van der Waals surface area contributed by atoms with Crippen molar-refractivity contribution in [3.05, 3.63) is 34.6 Å². The highest BCUT2D eigenvalue weighted by Crippen LogP contribution is 2.48. The van der Waals surface area contributed by atoms with E-state index in [0.29, 0.717) is 23.3 Å². The molecular formula is C22H23NO8. The highest BCUT2D eigenvalue weighted by atomic mass is 16.5. The maximum atomic E-state index is 13.3. The van der Waals surface area contributed by atoms with Crippen LogP contribution in [0.1, 0.15) is 24.5 Å². The van der Waals surface area contributed by atoms with E-state index in [2.05, 4.69) is 5.32 Å². The minimum atomic E-state index is -0.959. The van der Waals surface area contributed by atoms with E-state index < -0.39 is 29.3 Å². The number of carbonyl (C=O) groups is 4. The van der Waals surface area contributed by atoms with Gasteiger partial charge < -0.3 is 24.3 Å². The molecule has 1 aromatic rings. The van der Waals surface area contributed by atoms with Crippen LogP contribution in [0.25, 0.3) is 5.57 Å². The summed E-state index contributed by atoms with van der Waals surface area (Å²) in [6.07, 6.45) is 1.64. The molecule has 3 rings (SSSR count). The van der Waals surface area contributed by atoms with E-state index in [1.165, 1.54) is 35.4 Å². The number of fused-ring (bicyclic) bond motifs is 2. The molecular weight excluding hydrogens is 406 g/mol. The molecule has 1 aromatic carbocycles. The van der Waals surface area contributed by atoms with E-state index in [9.17, 15) is 19.2 Å². The number of hydrogen-bond acceptors (Lipinski definition) is 8. The summed E-state index contributed by atoms with van der Waals surface area (Å²) < 4.78 is 21.4. The van der Waals surface area contributed by atoms with E-state index >= 15 is 0 Å². The maximum absolute atomic E-state index is 13.3. The van der Waals surface area contributed by atoms with Crippen molar-refractivity contribution >= 4 is 28.8 Å². The number of aryl methyl sites for hydroxylation is 1. The van der Waals surface area contributed by atoms with Crippen LogP contribution < -0.4 is 19.5 Å². The predicted octanol–water partition coefficient (Wildman–Crippen LogP) is 1.17. The molecule has 0 radical (unpaired) electrons. The molecule has 1 atom stereocenters. The van der Waals surface area contributed by atoms with Gasteiger partial charge in [0.15, 0.2) is 23.0 Å². The number of allylic oxidation sites excluding steroid dienone is 3. The van der Waals surface area contributed by atoms with Gasteiger partial charge in [-0.25, -0.2) is 0 Å². The molecule has 2 aliphatic rings. The highest BCUT2D eigenvalue weighted by molar-refractivity contribution is 6.54. The van der Waals surface area contributed by atoms with Crippen molar-refractivity contribution in [3.8, 4) is 17.2 Å². The number of methoxy groups -OCH3 is 4. The molecule has 1 amide bonds. The molecule has 0 spiro atoms. The Balaban J connectivity index is 2.44. The molecule has 0 unspecified atom stereocenters. The predicted molar refractivity (Wildman–Crippen MR) is 109 cm³/mol. The van der Waals surface area contributed by atoms with Crippen molar-refractivity contribution in [2.45, 2.75) is 25.8 Å². The number of amides is 1. The molecule has 0 saturated carbocycles. The molecule has 164 valence electrons. The first-order valence-electron chi connectivity index (χ1n) is 9.51. The normalized spacial score (nSPS) is 18.3. The summed E-state index contributed by atoms with van der Waals surface area (Å²) in [7, 11) is 5.50. The second-order valence-corrected chi connectivity index (χ2v) is 7.00. The van der Waals surface area contributed by atoms with E-state index in [1.54, 1.807) is 6.07 Å². The first-order valence-corrected chi connectivity index (χ1v) is 9.51. The summed E-state index contributed by atoms with van der Waals surface area (Å²) in [6, 6.07) is 0.842. The SMILES string of the molecule is COC1=CC(=O)C2=C(C(=O)C1=O)[C@@H](NC(C)=O)CCc1cc(OC)c(OC)c(OC)c12. The fraction of sp³-hybridized carbons (Fsp3) is 0.364. The maximum Gasteiger partial charge on any atom is 0.267 e. The molecule has 0 bridgehead atoms. The number of ketones is 3. The Morgan fingerprint density at radius 1 is 0.968 bits per heavy atom. The number of ether oxygens (including phenoxy) is 4. The topological polar surface area (TPSA) is 117 Å². The van der Waals surface area contributed by atoms with Gasteiger partial charge in [-0.05, 0) is 24.5 Å². The molecule has 2 aliphatic carbocycles. The summed E-state index contributed by atoms with van der Waals surface area (Å²) in [5, 5.41) is 2.69. The summed E-state index contributed by atoms with van der Waals surface area (Å²) in [5.74, 6) is -2.45. The van der Waals surface area contributed by atoms with Crippen LogP contribution in [-0.2, 0) is 30.3 Å². The Bertz CT molecular complexity index is 1050. The molecule has 9 heteroatoms. The summed E-state index contributed by atoms with van der Waals surface area (Å²) in [4.78, 5) is 51.1. The van der Waals surface area contributed by atoms with Crippen LogP contribution in [0.2, 0.25) is 0 Å². The van der Waals surface area contributed by atoms with Gasteiger partial charge in [-0.2, -0.15) is 0 Å². The summed E-state index contributed by atoms with van der Waals surface area (Å²) in [5.41, 5.74) is 0.840. The van der Waals surface area contributed by atoms with E-state index in [0.717, 1.165) is 6.08 Å². The molecule has 0 saturated heterocycles. The van der Waals surface area contributed by atoms with Gasteiger partial charge in [-0.3, -0.25) is 19.2 Å². The lowest BCUT2D eigenvalue weighted by molar-refractivity contribution is -0.134. The first-order chi connectivity index (χ1) is 14.8. The van der Waals surface area contributed by atoms with Crippen molar-refractivity contribution in [2.24, 2.45) is 0 Å². The largest absolute Gasteiger partial charge is 0.493 e. The fourth-order valence-electron chi connectivity index (χ4n) is 3.99. The first kappa shape index (κ1) is 22.1. The Hall–Kier alpha value is -3.62. The van der Waals surface area contributed by atoms with Gasteiger partial charge in [0.05, 0.1) is 34.5 Å². The van der Waals surface area contributed by atoms with Gasteiger partial charge in [0.2, 0.25) is 17.4 Å². The number of hydrogen-bond donors (Lipinski definition) is 1. The Morgan fingerprint density at radius 2 is 1.65 bits per heavy atom. The van der Waals surface area contributed by atoms with E-state index in [-0.39, 0.29) is 34.8 Å². The average molecular weight is 429 g/mol. The molecule has 31 heavy (non-hydrogen) atoms. The van der Waals surface area contributed by atoms with Crippen LogP contribution in [0.5, 0.6) is 17.2 Å². The smallest absolute Gasteiger partial charge is 0.267 e. The van der Waals surface area contributed by atoms with E-state index in [1.807, 2.05) is 0 Å². The van der Waals surface area contributed by atoms with Gasteiger partial charge in [0.1, 0.15) is 0 Å². The highest BCUT2D eigenvalue weighted by Gasteiger charge is 2.41. The monoisotopic (exact) mass is 429 g/mol. The molecule has 0 aliphatic heterocycles. The lowest BCUT2D eigenvalue weighted by Gasteiger charge is -2.21. The van der Waals surface area contributed by atoms with Crippen LogP contribution in [0, 0.1) is 0 Å². The zero-order chi connectivity index (χ0) is 22.9. The minimum absolute atomic E-state index is 0.0329. The van der Waals surface area contributed by atoms with Gasteiger partial charge in [-0.1, -0.05) is 0 Å². The van der Waals surface area contributed by atoms with Crippen LogP contribution in [-0.4, -0.2) is 57.7 Å². The van der Waals surface area contributed by atoms with Gasteiger partial charge >= 0.3 is 0 Å². The van der Waals surface area contributed by atoms with Crippen molar-refractivity contribution in [3.63, 3.8) is 0 Å². The molecule has 0 fully saturated rings. The third-order valence-electron chi connectivity index (χ3n) is 5.26. The van der Waals surface area contributed by atoms with E-state index in [4.69, 9.17) is 18.9 Å². The summed E-state index contributed by atoms with van der Waals surface area (Å²) >= 11 is 0. The zero-order valence-electron chi connectivity index (χ0n) is 17.9. The Morgan fingerprint density at radius 3 is 2.19 bits per heavy atom. The fourth-order valence-corrected chi connectivity index (χ4v) is 3.99. The van der Waals surface area contributed by atoms with Crippen molar-refractivity contribution in [1.29, 1.82) is 0 Å². The second kappa shape index (κ2) is 8.63. The lowest BCUT2D eigenvalue weighted by Crippen LogP contribution is -2.39. The quantitative estimate of drug-likeness (QED) is 0.693.